The Morgan fingerprint density at radius 3 is 2.47 bits per heavy atom. The minimum absolute atomic E-state index is 0.0250. The molecule has 2 aromatic carbocycles. The van der Waals surface area contributed by atoms with E-state index >= 15 is 0 Å². The lowest BCUT2D eigenvalue weighted by Crippen LogP contribution is -2.48. The quantitative estimate of drug-likeness (QED) is 0.489. The Bertz CT molecular complexity index is 795. The number of nitrogens with one attached hydrogen (secondary N) is 1. The van der Waals surface area contributed by atoms with Crippen molar-refractivity contribution in [2.75, 3.05) is 12.3 Å². The minimum atomic E-state index is -0.493. The van der Waals surface area contributed by atoms with Crippen LogP contribution >= 0.6 is 11.8 Å². The molecule has 1 atom stereocenters. The summed E-state index contributed by atoms with van der Waals surface area (Å²) in [5.74, 6) is 1.57. The van der Waals surface area contributed by atoms with Crippen LogP contribution in [0.3, 0.4) is 0 Å². The molecule has 2 amide bonds. The van der Waals surface area contributed by atoms with E-state index in [-0.39, 0.29) is 11.8 Å². The molecule has 0 bridgehead atoms. The smallest absolute Gasteiger partial charge is 0.242 e. The van der Waals surface area contributed by atoms with E-state index in [1.807, 2.05) is 56.3 Å². The second-order valence-electron chi connectivity index (χ2n) is 7.56. The number of carbonyl (C=O) groups excluding carboxylic acids is 2. The zero-order chi connectivity index (χ0) is 21.8. The maximum atomic E-state index is 13.1. The SMILES string of the molecule is CCCCNC(=O)[C@H](C)N(Cc1ccccc1C)C(=O)CCSCc1ccccc1. The van der Waals surface area contributed by atoms with E-state index < -0.39 is 6.04 Å². The Balaban J connectivity index is 1.98. The van der Waals surface area contributed by atoms with Crippen LogP contribution in [0.1, 0.15) is 49.8 Å². The Labute approximate surface area is 185 Å². The molecule has 2 aromatic rings. The minimum Gasteiger partial charge on any atom is -0.354 e. The third-order valence-electron chi connectivity index (χ3n) is 5.17. The highest BCUT2D eigenvalue weighted by Crippen LogP contribution is 2.17. The number of nitrogens with zero attached hydrogens (tertiary/aromatic N) is 1. The molecule has 162 valence electrons. The summed E-state index contributed by atoms with van der Waals surface area (Å²) < 4.78 is 0. The maximum Gasteiger partial charge on any atom is 0.242 e. The van der Waals surface area contributed by atoms with Crippen LogP contribution in [0.2, 0.25) is 0 Å². The summed E-state index contributed by atoms with van der Waals surface area (Å²) in [5, 5.41) is 2.97. The molecule has 4 nitrogen and oxygen atoms in total. The number of thioether (sulfide) groups is 1. The number of hydrogen-bond donors (Lipinski definition) is 1. The molecule has 2 rings (SSSR count). The lowest BCUT2D eigenvalue weighted by atomic mass is 10.1. The van der Waals surface area contributed by atoms with Crippen molar-refractivity contribution in [2.24, 2.45) is 0 Å². The lowest BCUT2D eigenvalue weighted by molar-refractivity contribution is -0.140. The first-order valence-corrected chi connectivity index (χ1v) is 11.9. The monoisotopic (exact) mass is 426 g/mol. The molecule has 30 heavy (non-hydrogen) atoms. The number of rotatable bonds is 12. The maximum absolute atomic E-state index is 13.1. The summed E-state index contributed by atoms with van der Waals surface area (Å²) in [6, 6.07) is 17.8. The third-order valence-corrected chi connectivity index (χ3v) is 6.20. The van der Waals surface area contributed by atoms with Crippen LogP contribution in [-0.2, 0) is 21.9 Å². The van der Waals surface area contributed by atoms with Gasteiger partial charge in [0.15, 0.2) is 0 Å². The predicted molar refractivity (Wildman–Crippen MR) is 126 cm³/mol. The van der Waals surface area contributed by atoms with Gasteiger partial charge in [-0.15, -0.1) is 0 Å². The van der Waals surface area contributed by atoms with Crippen molar-refractivity contribution >= 4 is 23.6 Å². The van der Waals surface area contributed by atoms with Crippen molar-refractivity contribution in [1.29, 1.82) is 0 Å². The predicted octanol–water partition coefficient (Wildman–Crippen LogP) is 4.95. The van der Waals surface area contributed by atoms with E-state index in [2.05, 4.69) is 24.4 Å². The Morgan fingerprint density at radius 2 is 1.77 bits per heavy atom. The molecule has 1 N–H and O–H groups in total. The van der Waals surface area contributed by atoms with Gasteiger partial charge in [-0.3, -0.25) is 9.59 Å². The molecule has 0 saturated heterocycles. The highest BCUT2D eigenvalue weighted by molar-refractivity contribution is 7.98. The van der Waals surface area contributed by atoms with Crippen LogP contribution in [-0.4, -0.2) is 35.1 Å². The summed E-state index contributed by atoms with van der Waals surface area (Å²) in [6.45, 7) is 7.07. The summed E-state index contributed by atoms with van der Waals surface area (Å²) in [4.78, 5) is 27.5. The van der Waals surface area contributed by atoms with Gasteiger partial charge in [-0.05, 0) is 37.0 Å². The van der Waals surface area contributed by atoms with Gasteiger partial charge in [0.25, 0.3) is 0 Å². The first-order chi connectivity index (χ1) is 14.5. The number of hydrogen-bond acceptors (Lipinski definition) is 3. The Morgan fingerprint density at radius 1 is 1.07 bits per heavy atom. The van der Waals surface area contributed by atoms with Gasteiger partial charge in [-0.2, -0.15) is 11.8 Å². The molecule has 0 unspecified atom stereocenters. The van der Waals surface area contributed by atoms with Crippen molar-refractivity contribution in [2.45, 2.75) is 58.4 Å². The van der Waals surface area contributed by atoms with Crippen LogP contribution in [0, 0.1) is 6.92 Å². The van der Waals surface area contributed by atoms with Crippen molar-refractivity contribution < 1.29 is 9.59 Å². The molecule has 0 aliphatic carbocycles. The fourth-order valence-corrected chi connectivity index (χ4v) is 4.05. The van der Waals surface area contributed by atoms with Crippen molar-refractivity contribution in [3.63, 3.8) is 0 Å². The van der Waals surface area contributed by atoms with E-state index in [4.69, 9.17) is 0 Å². The van der Waals surface area contributed by atoms with Crippen LogP contribution in [0.15, 0.2) is 54.6 Å². The van der Waals surface area contributed by atoms with E-state index in [1.54, 1.807) is 16.7 Å². The molecular formula is C25H34N2O2S. The van der Waals surface area contributed by atoms with Crippen molar-refractivity contribution in [1.82, 2.24) is 10.2 Å². The van der Waals surface area contributed by atoms with Gasteiger partial charge in [0.1, 0.15) is 6.04 Å². The fourth-order valence-electron chi connectivity index (χ4n) is 3.16. The largest absolute Gasteiger partial charge is 0.354 e. The zero-order valence-corrected chi connectivity index (χ0v) is 19.2. The van der Waals surface area contributed by atoms with Crippen LogP contribution in [0.5, 0.6) is 0 Å². The summed E-state index contributed by atoms with van der Waals surface area (Å²) in [7, 11) is 0. The highest BCUT2D eigenvalue weighted by atomic mass is 32.2. The summed E-state index contributed by atoms with van der Waals surface area (Å²) >= 11 is 1.75. The number of benzene rings is 2. The number of amides is 2. The van der Waals surface area contributed by atoms with Gasteiger partial charge in [0.05, 0.1) is 0 Å². The van der Waals surface area contributed by atoms with Crippen LogP contribution < -0.4 is 5.32 Å². The van der Waals surface area contributed by atoms with Crippen LogP contribution in [0.25, 0.3) is 0 Å². The highest BCUT2D eigenvalue weighted by Gasteiger charge is 2.26. The van der Waals surface area contributed by atoms with Gasteiger partial charge in [0.2, 0.25) is 11.8 Å². The Kier molecular flexibility index (Phi) is 10.5. The molecule has 0 spiro atoms. The third kappa shape index (κ3) is 7.86. The molecular weight excluding hydrogens is 392 g/mol. The summed E-state index contributed by atoms with van der Waals surface area (Å²) in [6.07, 6.45) is 2.40. The fraction of sp³-hybridized carbons (Fsp3) is 0.440. The molecule has 0 aliphatic heterocycles. The molecule has 5 heteroatoms. The first kappa shape index (κ1) is 24.0. The zero-order valence-electron chi connectivity index (χ0n) is 18.4. The number of carbonyl (C=O) groups is 2. The number of aryl methyl sites for hydroxylation is 1. The van der Waals surface area contributed by atoms with Gasteiger partial charge < -0.3 is 10.2 Å². The molecule has 0 saturated carbocycles. The molecule has 0 aromatic heterocycles. The van der Waals surface area contributed by atoms with Crippen LogP contribution in [0.4, 0.5) is 0 Å². The second-order valence-corrected chi connectivity index (χ2v) is 8.66. The normalized spacial score (nSPS) is 11.7. The van der Waals surface area contributed by atoms with E-state index in [1.165, 1.54) is 5.56 Å². The van der Waals surface area contributed by atoms with Gasteiger partial charge >= 0.3 is 0 Å². The standard InChI is InChI=1S/C25H34N2O2S/c1-4-5-16-26-25(29)21(3)27(18-23-14-10-9-11-20(23)2)24(28)15-17-30-19-22-12-7-6-8-13-22/h6-14,21H,4-5,15-19H2,1-3H3,(H,26,29)/t21-/m0/s1. The van der Waals surface area contributed by atoms with Gasteiger partial charge in [0, 0.05) is 31.0 Å². The van der Waals surface area contributed by atoms with Gasteiger partial charge in [-0.1, -0.05) is 67.9 Å². The van der Waals surface area contributed by atoms with Crippen molar-refractivity contribution in [3.05, 3.63) is 71.3 Å². The average Bonchev–Trinajstić information content (AvgIpc) is 2.76. The first-order valence-electron chi connectivity index (χ1n) is 10.8. The summed E-state index contributed by atoms with van der Waals surface area (Å²) in [5.41, 5.74) is 3.47. The van der Waals surface area contributed by atoms with E-state index in [0.29, 0.717) is 19.5 Å². The van der Waals surface area contributed by atoms with E-state index in [9.17, 15) is 9.59 Å². The molecule has 0 fully saturated rings. The Hall–Kier alpha value is -2.27. The molecule has 0 aliphatic rings. The van der Waals surface area contributed by atoms with Crippen molar-refractivity contribution in [3.8, 4) is 0 Å². The van der Waals surface area contributed by atoms with Gasteiger partial charge in [-0.25, -0.2) is 0 Å². The lowest BCUT2D eigenvalue weighted by Gasteiger charge is -2.29. The topological polar surface area (TPSA) is 49.4 Å². The second kappa shape index (κ2) is 13.1. The molecule has 0 radical (unpaired) electrons. The molecule has 0 heterocycles. The van der Waals surface area contributed by atoms with E-state index in [0.717, 1.165) is 35.5 Å². The average molecular weight is 427 g/mol. The number of unbranched alkanes of at least 4 members (excludes halogenated alkanes) is 1.